The molecule has 2 saturated heterocycles. The Morgan fingerprint density at radius 3 is 2.25 bits per heavy atom. The third kappa shape index (κ3) is 7.94. The lowest BCUT2D eigenvalue weighted by Gasteiger charge is -2.39. The molecule has 3 heterocycles. The van der Waals surface area contributed by atoms with Crippen LogP contribution in [0.2, 0.25) is 0 Å². The SMILES string of the molecule is CCCc1ccc(C(c2ccc(C)cc2)N2CCN(Cc3nc(NCCCN4CCOCC4)c4c(n3)=CCCC=4)CC2)cc1. The molecule has 2 aliphatic heterocycles. The lowest BCUT2D eigenvalue weighted by molar-refractivity contribution is 0.0378. The number of piperazine rings is 1. The van der Waals surface area contributed by atoms with Crippen LogP contribution in [0, 0.1) is 6.92 Å². The molecule has 2 fully saturated rings. The highest BCUT2D eigenvalue weighted by molar-refractivity contribution is 5.47. The van der Waals surface area contributed by atoms with E-state index in [0.29, 0.717) is 0 Å². The Balaban J connectivity index is 1.11. The van der Waals surface area contributed by atoms with Gasteiger partial charge in [-0.3, -0.25) is 14.7 Å². The van der Waals surface area contributed by atoms with Crippen molar-refractivity contribution in [2.24, 2.45) is 0 Å². The van der Waals surface area contributed by atoms with Crippen LogP contribution in [0.1, 0.15) is 66.7 Å². The predicted octanol–water partition coefficient (Wildman–Crippen LogP) is 4.13. The average molecular weight is 595 g/mol. The van der Waals surface area contributed by atoms with Gasteiger partial charge < -0.3 is 10.1 Å². The van der Waals surface area contributed by atoms with Gasteiger partial charge in [0, 0.05) is 51.0 Å². The largest absolute Gasteiger partial charge is 0.379 e. The Hall–Kier alpha value is -3.10. The first-order valence-electron chi connectivity index (χ1n) is 16.9. The van der Waals surface area contributed by atoms with Gasteiger partial charge in [-0.1, -0.05) is 79.6 Å². The van der Waals surface area contributed by atoms with Crippen molar-refractivity contribution in [3.63, 3.8) is 0 Å². The maximum absolute atomic E-state index is 5.50. The Morgan fingerprint density at radius 2 is 1.52 bits per heavy atom. The molecule has 1 aliphatic carbocycles. The van der Waals surface area contributed by atoms with Gasteiger partial charge in [0.1, 0.15) is 11.6 Å². The molecule has 234 valence electrons. The molecule has 3 aliphatic rings. The Bertz CT molecular complexity index is 1460. The van der Waals surface area contributed by atoms with Gasteiger partial charge in [0.05, 0.1) is 31.1 Å². The van der Waals surface area contributed by atoms with E-state index in [1.807, 2.05) is 0 Å². The van der Waals surface area contributed by atoms with Crippen molar-refractivity contribution in [1.29, 1.82) is 0 Å². The zero-order valence-corrected chi connectivity index (χ0v) is 26.8. The summed E-state index contributed by atoms with van der Waals surface area (Å²) in [5.74, 6) is 1.94. The first-order chi connectivity index (χ1) is 21.7. The summed E-state index contributed by atoms with van der Waals surface area (Å²) >= 11 is 0. The minimum absolute atomic E-state index is 0.270. The Labute approximate surface area is 263 Å². The van der Waals surface area contributed by atoms with Crippen molar-refractivity contribution >= 4 is 18.0 Å². The first kappa shape index (κ1) is 30.9. The molecule has 1 unspecified atom stereocenters. The van der Waals surface area contributed by atoms with Crippen molar-refractivity contribution in [2.75, 3.05) is 70.9 Å². The monoisotopic (exact) mass is 594 g/mol. The number of hydrogen-bond donors (Lipinski definition) is 1. The van der Waals surface area contributed by atoms with Crippen LogP contribution in [-0.2, 0) is 17.7 Å². The molecule has 0 bridgehead atoms. The van der Waals surface area contributed by atoms with E-state index in [2.05, 4.69) is 94.5 Å². The highest BCUT2D eigenvalue weighted by atomic mass is 16.5. The number of morpholine rings is 1. The van der Waals surface area contributed by atoms with Crippen LogP contribution in [0.4, 0.5) is 5.82 Å². The van der Waals surface area contributed by atoms with Crippen molar-refractivity contribution in [3.05, 3.63) is 87.2 Å². The van der Waals surface area contributed by atoms with Crippen LogP contribution in [0.15, 0.2) is 48.5 Å². The van der Waals surface area contributed by atoms with Gasteiger partial charge in [-0.25, -0.2) is 9.97 Å². The van der Waals surface area contributed by atoms with Crippen LogP contribution in [0.3, 0.4) is 0 Å². The Morgan fingerprint density at radius 1 is 0.818 bits per heavy atom. The van der Waals surface area contributed by atoms with Gasteiger partial charge in [-0.05, 0) is 55.8 Å². The van der Waals surface area contributed by atoms with Gasteiger partial charge in [0.15, 0.2) is 0 Å². The van der Waals surface area contributed by atoms with Crippen molar-refractivity contribution < 1.29 is 4.74 Å². The number of hydrogen-bond acceptors (Lipinski definition) is 7. The topological polar surface area (TPSA) is 56.8 Å². The third-order valence-electron chi connectivity index (χ3n) is 9.29. The summed E-state index contributed by atoms with van der Waals surface area (Å²) < 4.78 is 5.50. The molecule has 7 heteroatoms. The van der Waals surface area contributed by atoms with E-state index in [-0.39, 0.29) is 6.04 Å². The quantitative estimate of drug-likeness (QED) is 0.317. The highest BCUT2D eigenvalue weighted by Crippen LogP contribution is 2.30. The van der Waals surface area contributed by atoms with E-state index in [9.17, 15) is 0 Å². The summed E-state index contributed by atoms with van der Waals surface area (Å²) in [4.78, 5) is 17.8. The molecule has 1 N–H and O–H groups in total. The molecular formula is C37H50N6O. The second-order valence-electron chi connectivity index (χ2n) is 12.6. The van der Waals surface area contributed by atoms with E-state index in [4.69, 9.17) is 14.7 Å². The number of nitrogens with zero attached hydrogens (tertiary/aromatic N) is 5. The fraction of sp³-hybridized carbons (Fsp3) is 0.514. The molecule has 3 aromatic rings. The second-order valence-corrected chi connectivity index (χ2v) is 12.6. The molecular weight excluding hydrogens is 544 g/mol. The molecule has 1 atom stereocenters. The summed E-state index contributed by atoms with van der Waals surface area (Å²) in [7, 11) is 0. The van der Waals surface area contributed by atoms with E-state index in [0.717, 1.165) is 115 Å². The average Bonchev–Trinajstić information content (AvgIpc) is 3.06. The maximum atomic E-state index is 5.50. The van der Waals surface area contributed by atoms with Gasteiger partial charge >= 0.3 is 0 Å². The van der Waals surface area contributed by atoms with Crippen molar-refractivity contribution in [3.8, 4) is 0 Å². The summed E-state index contributed by atoms with van der Waals surface area (Å²) in [6.07, 6.45) is 10.1. The van der Waals surface area contributed by atoms with E-state index < -0.39 is 0 Å². The summed E-state index contributed by atoms with van der Waals surface area (Å²) in [5, 5.41) is 5.96. The van der Waals surface area contributed by atoms with Crippen LogP contribution in [0.25, 0.3) is 12.2 Å². The standard InChI is InChI=1S/C37H50N6O/c1-3-7-30-12-16-32(17-13-30)36(31-14-10-29(2)11-15-31)43-22-20-42(21-23-43)28-35-39-34-9-5-4-8-33(34)37(40-35)38-18-6-19-41-24-26-44-27-25-41/h8-17,36H,3-7,18-28H2,1-2H3,(H,38,39,40). The fourth-order valence-corrected chi connectivity index (χ4v) is 6.78. The third-order valence-corrected chi connectivity index (χ3v) is 9.29. The lowest BCUT2D eigenvalue weighted by Crippen LogP contribution is -2.48. The maximum Gasteiger partial charge on any atom is 0.145 e. The fourth-order valence-electron chi connectivity index (χ4n) is 6.78. The molecule has 1 aromatic heterocycles. The van der Waals surface area contributed by atoms with Crippen LogP contribution in [-0.4, -0.2) is 90.2 Å². The molecule has 2 aromatic carbocycles. The van der Waals surface area contributed by atoms with E-state index in [1.165, 1.54) is 33.9 Å². The normalized spacial score (nSPS) is 18.7. The molecule has 0 saturated carbocycles. The van der Waals surface area contributed by atoms with Crippen LogP contribution in [0.5, 0.6) is 0 Å². The smallest absolute Gasteiger partial charge is 0.145 e. The molecule has 6 rings (SSSR count). The molecule has 0 radical (unpaired) electrons. The first-order valence-corrected chi connectivity index (χ1v) is 16.9. The van der Waals surface area contributed by atoms with Crippen molar-refractivity contribution in [1.82, 2.24) is 24.7 Å². The number of anilines is 1. The zero-order chi connectivity index (χ0) is 30.1. The number of fused-ring (bicyclic) bond motifs is 1. The second kappa shape index (κ2) is 15.3. The number of aryl methyl sites for hydroxylation is 2. The number of benzene rings is 2. The highest BCUT2D eigenvalue weighted by Gasteiger charge is 2.27. The van der Waals surface area contributed by atoms with Crippen molar-refractivity contribution in [2.45, 2.75) is 58.5 Å². The van der Waals surface area contributed by atoms with Crippen LogP contribution >= 0.6 is 0 Å². The summed E-state index contributed by atoms with van der Waals surface area (Å²) in [5.41, 5.74) is 5.49. The Kier molecular flexibility index (Phi) is 10.7. The minimum atomic E-state index is 0.270. The van der Waals surface area contributed by atoms with Gasteiger partial charge in [0.2, 0.25) is 0 Å². The summed E-state index contributed by atoms with van der Waals surface area (Å²) in [6, 6.07) is 18.8. The molecule has 7 nitrogen and oxygen atoms in total. The van der Waals surface area contributed by atoms with Gasteiger partial charge in [0.25, 0.3) is 0 Å². The number of rotatable bonds is 12. The predicted molar refractivity (Wildman–Crippen MR) is 180 cm³/mol. The zero-order valence-electron chi connectivity index (χ0n) is 26.8. The minimum Gasteiger partial charge on any atom is -0.379 e. The number of aromatic nitrogens is 2. The number of nitrogens with one attached hydrogen (secondary N) is 1. The van der Waals surface area contributed by atoms with Gasteiger partial charge in [-0.2, -0.15) is 0 Å². The molecule has 0 amide bonds. The summed E-state index contributed by atoms with van der Waals surface area (Å²) in [6.45, 7) is 15.1. The van der Waals surface area contributed by atoms with E-state index >= 15 is 0 Å². The van der Waals surface area contributed by atoms with Gasteiger partial charge in [-0.15, -0.1) is 0 Å². The lowest BCUT2D eigenvalue weighted by atomic mass is 9.94. The molecule has 44 heavy (non-hydrogen) atoms. The van der Waals surface area contributed by atoms with E-state index in [1.54, 1.807) is 0 Å². The molecule has 0 spiro atoms. The van der Waals surface area contributed by atoms with Crippen LogP contribution < -0.4 is 15.9 Å². The number of ether oxygens (including phenoxy) is 1.